The van der Waals surface area contributed by atoms with Gasteiger partial charge in [0.15, 0.2) is 0 Å². The number of esters is 1. The molecule has 0 bridgehead atoms. The van der Waals surface area contributed by atoms with Crippen LogP contribution in [0.3, 0.4) is 0 Å². The Kier molecular flexibility index (Phi) is 6.15. The largest absolute Gasteiger partial charge is 0.497 e. The van der Waals surface area contributed by atoms with Crippen LogP contribution in [-0.2, 0) is 16.0 Å². The molecule has 28 heavy (non-hydrogen) atoms. The molecular weight excluding hydrogens is 348 g/mol. The second kappa shape index (κ2) is 8.75. The molecule has 0 aromatic heterocycles. The van der Waals surface area contributed by atoms with E-state index < -0.39 is 0 Å². The highest BCUT2D eigenvalue weighted by Crippen LogP contribution is 2.32. The van der Waals surface area contributed by atoms with Gasteiger partial charge in [0.05, 0.1) is 14.2 Å². The molecule has 0 saturated heterocycles. The van der Waals surface area contributed by atoms with Crippen LogP contribution in [0.25, 0.3) is 22.3 Å². The van der Waals surface area contributed by atoms with Gasteiger partial charge in [-0.3, -0.25) is 4.79 Å². The lowest BCUT2D eigenvalue weighted by atomic mass is 9.92. The van der Waals surface area contributed by atoms with Crippen LogP contribution in [-0.4, -0.2) is 20.2 Å². The molecule has 0 aliphatic heterocycles. The number of hydrogen-bond donors (Lipinski definition) is 0. The van der Waals surface area contributed by atoms with Gasteiger partial charge in [0, 0.05) is 6.42 Å². The van der Waals surface area contributed by atoms with E-state index in [0.29, 0.717) is 12.8 Å². The number of aryl methyl sites for hydroxylation is 3. The lowest BCUT2D eigenvalue weighted by molar-refractivity contribution is -0.140. The second-order valence-electron chi connectivity index (χ2n) is 7.00. The van der Waals surface area contributed by atoms with Crippen LogP contribution in [0, 0.1) is 13.8 Å². The Morgan fingerprint density at radius 2 is 1.61 bits per heavy atom. The first-order valence-electron chi connectivity index (χ1n) is 9.43. The zero-order valence-corrected chi connectivity index (χ0v) is 16.9. The van der Waals surface area contributed by atoms with Crippen molar-refractivity contribution in [1.29, 1.82) is 0 Å². The summed E-state index contributed by atoms with van der Waals surface area (Å²) in [6, 6.07) is 21.1. The summed E-state index contributed by atoms with van der Waals surface area (Å²) in [5.74, 6) is 0.580. The minimum absolute atomic E-state index is 0.209. The third-order valence-electron chi connectivity index (χ3n) is 5.01. The first kappa shape index (κ1) is 19.7. The zero-order valence-electron chi connectivity index (χ0n) is 16.9. The van der Waals surface area contributed by atoms with Crippen molar-refractivity contribution in [3.05, 3.63) is 77.4 Å². The minimum Gasteiger partial charge on any atom is -0.497 e. The molecule has 0 radical (unpaired) electrons. The van der Waals surface area contributed by atoms with Gasteiger partial charge in [0.25, 0.3) is 0 Å². The molecule has 0 saturated carbocycles. The summed E-state index contributed by atoms with van der Waals surface area (Å²) in [5, 5.41) is 0. The van der Waals surface area contributed by atoms with Gasteiger partial charge < -0.3 is 9.47 Å². The average Bonchev–Trinajstić information content (AvgIpc) is 2.71. The monoisotopic (exact) mass is 374 g/mol. The van der Waals surface area contributed by atoms with Gasteiger partial charge in [-0.25, -0.2) is 0 Å². The van der Waals surface area contributed by atoms with E-state index in [1.165, 1.54) is 29.4 Å². The Morgan fingerprint density at radius 3 is 2.29 bits per heavy atom. The fraction of sp³-hybridized carbons (Fsp3) is 0.240. The summed E-state index contributed by atoms with van der Waals surface area (Å²) in [7, 11) is 3.07. The van der Waals surface area contributed by atoms with E-state index in [2.05, 4.69) is 62.4 Å². The molecule has 3 aromatic rings. The molecular formula is C25H26O3. The van der Waals surface area contributed by atoms with E-state index in [1.54, 1.807) is 7.11 Å². The van der Waals surface area contributed by atoms with Gasteiger partial charge in [-0.1, -0.05) is 54.1 Å². The molecule has 0 spiro atoms. The molecule has 0 unspecified atom stereocenters. The normalized spacial score (nSPS) is 10.6. The van der Waals surface area contributed by atoms with Crippen LogP contribution in [0.2, 0.25) is 0 Å². The van der Waals surface area contributed by atoms with Gasteiger partial charge in [0.1, 0.15) is 5.75 Å². The van der Waals surface area contributed by atoms with Gasteiger partial charge in [-0.15, -0.1) is 0 Å². The Hall–Kier alpha value is -3.07. The maximum atomic E-state index is 11.6. The van der Waals surface area contributed by atoms with E-state index in [-0.39, 0.29) is 5.97 Å². The Bertz CT molecular complexity index is 989. The highest BCUT2D eigenvalue weighted by Gasteiger charge is 2.11. The first-order chi connectivity index (χ1) is 13.5. The topological polar surface area (TPSA) is 35.5 Å². The fourth-order valence-electron chi connectivity index (χ4n) is 3.49. The summed E-state index contributed by atoms with van der Waals surface area (Å²) < 4.78 is 10.2. The predicted octanol–water partition coefficient (Wildman–Crippen LogP) is 5.75. The van der Waals surface area contributed by atoms with Crippen LogP contribution in [0.15, 0.2) is 60.7 Å². The molecule has 0 aliphatic rings. The lowest BCUT2D eigenvalue weighted by Gasteiger charge is -2.14. The molecule has 0 amide bonds. The Balaban J connectivity index is 1.98. The number of benzene rings is 3. The predicted molar refractivity (Wildman–Crippen MR) is 114 cm³/mol. The van der Waals surface area contributed by atoms with Crippen molar-refractivity contribution >= 4 is 5.97 Å². The standard InChI is InChI=1S/C25H26O3/c1-17-6-5-7-19(14-17)23-11-8-20(15-18(23)2)24-12-10-22(27-3)16-21(24)9-13-25(26)28-4/h5-8,10-12,14-16H,9,13H2,1-4H3. The maximum Gasteiger partial charge on any atom is 0.305 e. The Morgan fingerprint density at radius 1 is 0.857 bits per heavy atom. The summed E-state index contributed by atoms with van der Waals surface area (Å²) in [4.78, 5) is 11.6. The van der Waals surface area contributed by atoms with E-state index in [1.807, 2.05) is 12.1 Å². The summed E-state index contributed by atoms with van der Waals surface area (Å²) >= 11 is 0. The maximum absolute atomic E-state index is 11.6. The summed E-state index contributed by atoms with van der Waals surface area (Å²) in [6.45, 7) is 4.25. The average molecular weight is 374 g/mol. The number of methoxy groups -OCH3 is 2. The third kappa shape index (κ3) is 4.42. The van der Waals surface area contributed by atoms with Crippen molar-refractivity contribution in [2.24, 2.45) is 0 Å². The smallest absolute Gasteiger partial charge is 0.305 e. The quantitative estimate of drug-likeness (QED) is 0.515. The number of rotatable bonds is 6. The molecule has 3 nitrogen and oxygen atoms in total. The van der Waals surface area contributed by atoms with Crippen molar-refractivity contribution < 1.29 is 14.3 Å². The van der Waals surface area contributed by atoms with Crippen molar-refractivity contribution in [2.75, 3.05) is 14.2 Å². The van der Waals surface area contributed by atoms with Gasteiger partial charge in [-0.2, -0.15) is 0 Å². The second-order valence-corrected chi connectivity index (χ2v) is 7.00. The summed E-state index contributed by atoms with van der Waals surface area (Å²) in [6.07, 6.45) is 0.953. The molecule has 0 atom stereocenters. The SMILES string of the molecule is COC(=O)CCc1cc(OC)ccc1-c1ccc(-c2cccc(C)c2)c(C)c1. The molecule has 3 aromatic carbocycles. The fourth-order valence-corrected chi connectivity index (χ4v) is 3.49. The van der Waals surface area contributed by atoms with Crippen molar-refractivity contribution in [2.45, 2.75) is 26.7 Å². The molecule has 0 fully saturated rings. The van der Waals surface area contributed by atoms with E-state index >= 15 is 0 Å². The van der Waals surface area contributed by atoms with Gasteiger partial charge >= 0.3 is 5.97 Å². The van der Waals surface area contributed by atoms with Crippen molar-refractivity contribution in [3.8, 4) is 28.0 Å². The minimum atomic E-state index is -0.209. The van der Waals surface area contributed by atoms with Gasteiger partial charge in [0.2, 0.25) is 0 Å². The van der Waals surface area contributed by atoms with Crippen LogP contribution >= 0.6 is 0 Å². The van der Waals surface area contributed by atoms with E-state index in [4.69, 9.17) is 9.47 Å². The van der Waals surface area contributed by atoms with Crippen LogP contribution in [0.5, 0.6) is 5.75 Å². The lowest BCUT2D eigenvalue weighted by Crippen LogP contribution is -2.03. The number of carbonyl (C=O) groups is 1. The molecule has 0 N–H and O–H groups in total. The number of hydrogen-bond acceptors (Lipinski definition) is 3. The highest BCUT2D eigenvalue weighted by molar-refractivity contribution is 5.76. The van der Waals surface area contributed by atoms with Crippen LogP contribution in [0.1, 0.15) is 23.1 Å². The van der Waals surface area contributed by atoms with Gasteiger partial charge in [-0.05, 0) is 65.8 Å². The molecule has 0 aliphatic carbocycles. The van der Waals surface area contributed by atoms with Crippen LogP contribution < -0.4 is 4.74 Å². The molecule has 0 heterocycles. The van der Waals surface area contributed by atoms with Crippen LogP contribution in [0.4, 0.5) is 0 Å². The highest BCUT2D eigenvalue weighted by atomic mass is 16.5. The third-order valence-corrected chi connectivity index (χ3v) is 5.01. The van der Waals surface area contributed by atoms with E-state index in [9.17, 15) is 4.79 Å². The molecule has 144 valence electrons. The first-order valence-corrected chi connectivity index (χ1v) is 9.43. The molecule has 3 rings (SSSR count). The number of carbonyl (C=O) groups excluding carboxylic acids is 1. The number of ether oxygens (including phenoxy) is 2. The molecule has 3 heteroatoms. The van der Waals surface area contributed by atoms with Crippen molar-refractivity contribution in [3.63, 3.8) is 0 Å². The van der Waals surface area contributed by atoms with Crippen molar-refractivity contribution in [1.82, 2.24) is 0 Å². The van der Waals surface area contributed by atoms with E-state index in [0.717, 1.165) is 22.4 Å². The summed E-state index contributed by atoms with van der Waals surface area (Å²) in [5.41, 5.74) is 8.26. The zero-order chi connectivity index (χ0) is 20.1. The Labute approximate surface area is 166 Å².